The number of carbonyl (C=O) groups is 1. The van der Waals surface area contributed by atoms with E-state index in [0.717, 1.165) is 19.0 Å². The highest BCUT2D eigenvalue weighted by Gasteiger charge is 2.28. The molecule has 0 aliphatic carbocycles. The number of nitrogens with one attached hydrogen (secondary N) is 2. The molecule has 1 aromatic rings. The van der Waals surface area contributed by atoms with Crippen LogP contribution in [0.25, 0.3) is 0 Å². The Morgan fingerprint density at radius 2 is 2.05 bits per heavy atom. The van der Waals surface area contributed by atoms with Crippen LogP contribution in [0.5, 0.6) is 0 Å². The number of rotatable bonds is 4. The van der Waals surface area contributed by atoms with Crippen LogP contribution in [0.2, 0.25) is 0 Å². The molecule has 2 aliphatic heterocycles. The lowest BCUT2D eigenvalue weighted by Crippen LogP contribution is -2.43. The van der Waals surface area contributed by atoms with Gasteiger partial charge >= 0.3 is 0 Å². The molecule has 3 heterocycles. The summed E-state index contributed by atoms with van der Waals surface area (Å²) in [6.45, 7) is 3.62. The Bertz CT molecular complexity index is 452. The fourth-order valence-electron chi connectivity index (χ4n) is 3.36. The van der Waals surface area contributed by atoms with Crippen molar-refractivity contribution in [1.82, 2.24) is 20.2 Å². The predicted molar refractivity (Wildman–Crippen MR) is 80.9 cm³/mol. The van der Waals surface area contributed by atoms with Crippen LogP contribution in [-0.4, -0.2) is 53.0 Å². The van der Waals surface area contributed by atoms with Crippen molar-refractivity contribution in [1.29, 1.82) is 0 Å². The first-order valence-electron chi connectivity index (χ1n) is 7.84. The second-order valence-electron chi connectivity index (χ2n) is 5.94. The Balaban J connectivity index is 1.41. The Kier molecular flexibility index (Phi) is 4.77. The van der Waals surface area contributed by atoms with Crippen LogP contribution >= 0.6 is 0 Å². The molecule has 2 saturated heterocycles. The fourth-order valence-corrected chi connectivity index (χ4v) is 3.36. The Hall–Kier alpha value is -1.53. The quantitative estimate of drug-likeness (QED) is 0.861. The number of piperidine rings is 1. The van der Waals surface area contributed by atoms with Crippen molar-refractivity contribution in [3.63, 3.8) is 0 Å². The third-order valence-corrected chi connectivity index (χ3v) is 4.48. The van der Waals surface area contributed by atoms with E-state index in [1.807, 2.05) is 0 Å². The summed E-state index contributed by atoms with van der Waals surface area (Å²) in [5.41, 5.74) is 0. The number of aromatic nitrogens is 2. The maximum absolute atomic E-state index is 12.0. The highest BCUT2D eigenvalue weighted by Crippen LogP contribution is 2.25. The maximum atomic E-state index is 12.0. The second-order valence-corrected chi connectivity index (χ2v) is 5.94. The van der Waals surface area contributed by atoms with E-state index >= 15 is 0 Å². The van der Waals surface area contributed by atoms with E-state index in [-0.39, 0.29) is 5.91 Å². The number of carbonyl (C=O) groups excluding carboxylic acids is 1. The van der Waals surface area contributed by atoms with Crippen LogP contribution in [-0.2, 0) is 4.79 Å². The molecule has 21 heavy (non-hydrogen) atoms. The van der Waals surface area contributed by atoms with Crippen LogP contribution < -0.4 is 10.6 Å². The molecule has 1 amide bonds. The monoisotopic (exact) mass is 289 g/mol. The van der Waals surface area contributed by atoms with Crippen molar-refractivity contribution in [3.8, 4) is 0 Å². The fraction of sp³-hybridized carbons (Fsp3) is 0.667. The van der Waals surface area contributed by atoms with Gasteiger partial charge in [-0.1, -0.05) is 0 Å². The lowest BCUT2D eigenvalue weighted by molar-refractivity contribution is -0.117. The summed E-state index contributed by atoms with van der Waals surface area (Å²) < 4.78 is 0. The maximum Gasteiger partial charge on any atom is 0.240 e. The molecule has 1 unspecified atom stereocenters. The van der Waals surface area contributed by atoms with Gasteiger partial charge in [-0.25, -0.2) is 9.97 Å². The van der Waals surface area contributed by atoms with Gasteiger partial charge in [0.15, 0.2) is 0 Å². The van der Waals surface area contributed by atoms with Crippen LogP contribution in [0.1, 0.15) is 25.7 Å². The molecule has 1 aromatic heterocycles. The topological polar surface area (TPSA) is 70.2 Å². The zero-order chi connectivity index (χ0) is 14.5. The Labute approximate surface area is 125 Å². The van der Waals surface area contributed by atoms with Gasteiger partial charge in [-0.2, -0.15) is 0 Å². The van der Waals surface area contributed by atoms with Crippen LogP contribution in [0.3, 0.4) is 0 Å². The van der Waals surface area contributed by atoms with Crippen LogP contribution in [0, 0.1) is 5.92 Å². The summed E-state index contributed by atoms with van der Waals surface area (Å²) in [5, 5.41) is 6.34. The standard InChI is InChI=1S/C15H23N5O/c21-14(19-15-17-7-2-8-18-15)11-20-9-4-12(5-10-20)13-3-1-6-16-13/h2,7-8,12-13,16H,1,3-6,9-11H2,(H,17,18,19,21). The molecule has 6 heteroatoms. The minimum absolute atomic E-state index is 0.0290. The molecule has 0 bridgehead atoms. The predicted octanol–water partition coefficient (Wildman–Crippen LogP) is 0.879. The number of hydrogen-bond acceptors (Lipinski definition) is 5. The molecular weight excluding hydrogens is 266 g/mol. The van der Waals surface area contributed by atoms with E-state index in [4.69, 9.17) is 0 Å². The SMILES string of the molecule is O=C(CN1CCC(C2CCCN2)CC1)Nc1ncccn1. The van der Waals surface area contributed by atoms with Crippen LogP contribution in [0.15, 0.2) is 18.5 Å². The molecule has 1 atom stereocenters. The van der Waals surface area contributed by atoms with Gasteiger partial charge in [-0.15, -0.1) is 0 Å². The number of amides is 1. The van der Waals surface area contributed by atoms with E-state index < -0.39 is 0 Å². The van der Waals surface area contributed by atoms with E-state index in [1.54, 1.807) is 18.5 Å². The van der Waals surface area contributed by atoms with Crippen molar-refractivity contribution in [2.24, 2.45) is 5.92 Å². The summed E-state index contributed by atoms with van der Waals surface area (Å²) >= 11 is 0. The van der Waals surface area contributed by atoms with Gasteiger partial charge in [0.2, 0.25) is 11.9 Å². The average molecular weight is 289 g/mol. The van der Waals surface area contributed by atoms with Gasteiger partial charge < -0.3 is 5.32 Å². The summed E-state index contributed by atoms with van der Waals surface area (Å²) in [6, 6.07) is 2.44. The molecule has 2 N–H and O–H groups in total. The molecule has 2 fully saturated rings. The number of hydrogen-bond donors (Lipinski definition) is 2. The van der Waals surface area contributed by atoms with E-state index in [9.17, 15) is 4.79 Å². The highest BCUT2D eigenvalue weighted by molar-refractivity contribution is 5.90. The van der Waals surface area contributed by atoms with E-state index in [2.05, 4.69) is 25.5 Å². The molecule has 3 rings (SSSR count). The highest BCUT2D eigenvalue weighted by atomic mass is 16.2. The number of likely N-dealkylation sites (tertiary alicyclic amines) is 1. The number of nitrogens with zero attached hydrogens (tertiary/aromatic N) is 3. The zero-order valence-corrected chi connectivity index (χ0v) is 12.3. The Morgan fingerprint density at radius 3 is 2.71 bits per heavy atom. The molecule has 2 aliphatic rings. The number of anilines is 1. The van der Waals surface area contributed by atoms with Gasteiger partial charge in [0.1, 0.15) is 0 Å². The molecular formula is C15H23N5O. The summed E-state index contributed by atoms with van der Waals surface area (Å²) in [6.07, 6.45) is 8.26. The molecule has 0 saturated carbocycles. The molecule has 114 valence electrons. The average Bonchev–Trinajstić information content (AvgIpc) is 3.03. The largest absolute Gasteiger partial charge is 0.314 e. The van der Waals surface area contributed by atoms with Crippen molar-refractivity contribution >= 4 is 11.9 Å². The van der Waals surface area contributed by atoms with Gasteiger partial charge in [-0.3, -0.25) is 15.0 Å². The first-order valence-corrected chi connectivity index (χ1v) is 7.84. The minimum atomic E-state index is -0.0290. The van der Waals surface area contributed by atoms with E-state index in [0.29, 0.717) is 18.5 Å². The third-order valence-electron chi connectivity index (χ3n) is 4.48. The minimum Gasteiger partial charge on any atom is -0.314 e. The molecule has 0 spiro atoms. The van der Waals surface area contributed by atoms with Crippen molar-refractivity contribution in [2.45, 2.75) is 31.7 Å². The smallest absolute Gasteiger partial charge is 0.240 e. The normalized spacial score (nSPS) is 24.1. The van der Waals surface area contributed by atoms with E-state index in [1.165, 1.54) is 32.2 Å². The molecule has 0 aromatic carbocycles. The zero-order valence-electron chi connectivity index (χ0n) is 12.3. The van der Waals surface area contributed by atoms with Gasteiger partial charge in [-0.05, 0) is 57.3 Å². The summed E-state index contributed by atoms with van der Waals surface area (Å²) in [4.78, 5) is 22.2. The summed E-state index contributed by atoms with van der Waals surface area (Å²) in [5.74, 6) is 1.13. The van der Waals surface area contributed by atoms with Crippen molar-refractivity contribution in [2.75, 3.05) is 31.5 Å². The van der Waals surface area contributed by atoms with Gasteiger partial charge in [0.05, 0.1) is 6.54 Å². The molecule has 0 radical (unpaired) electrons. The Morgan fingerprint density at radius 1 is 1.29 bits per heavy atom. The first-order chi connectivity index (χ1) is 10.3. The lowest BCUT2D eigenvalue weighted by Gasteiger charge is -2.34. The van der Waals surface area contributed by atoms with Crippen LogP contribution in [0.4, 0.5) is 5.95 Å². The van der Waals surface area contributed by atoms with Crippen molar-refractivity contribution in [3.05, 3.63) is 18.5 Å². The lowest BCUT2D eigenvalue weighted by atomic mass is 9.88. The second kappa shape index (κ2) is 6.95. The van der Waals surface area contributed by atoms with Gasteiger partial charge in [0, 0.05) is 18.4 Å². The summed E-state index contributed by atoms with van der Waals surface area (Å²) in [7, 11) is 0. The third kappa shape index (κ3) is 3.98. The van der Waals surface area contributed by atoms with Gasteiger partial charge in [0.25, 0.3) is 0 Å². The van der Waals surface area contributed by atoms with Crippen molar-refractivity contribution < 1.29 is 4.79 Å². The molecule has 6 nitrogen and oxygen atoms in total. The first kappa shape index (κ1) is 14.4.